The summed E-state index contributed by atoms with van der Waals surface area (Å²) in [6, 6.07) is 0. The van der Waals surface area contributed by atoms with Crippen LogP contribution in [0.3, 0.4) is 0 Å². The maximum absolute atomic E-state index is 12.7. The van der Waals surface area contributed by atoms with Gasteiger partial charge in [-0.15, -0.1) is 0 Å². The molecule has 13 heteroatoms. The van der Waals surface area contributed by atoms with E-state index in [2.05, 4.69) is 13.8 Å². The van der Waals surface area contributed by atoms with Crippen molar-refractivity contribution in [1.29, 1.82) is 0 Å². The minimum absolute atomic E-state index is 0.172. The molecule has 0 bridgehead atoms. The number of unbranched alkanes of at least 4 members (excludes halogenated alkanes) is 22. The fraction of sp³-hybridized carbons (Fsp3) is 0.949. The number of ether oxygens (including phenoxy) is 4. The van der Waals surface area contributed by atoms with Crippen molar-refractivity contribution in [2.45, 2.75) is 218 Å². The Morgan fingerprint density at radius 3 is 1.40 bits per heavy atom. The van der Waals surface area contributed by atoms with E-state index in [0.29, 0.717) is 12.8 Å². The number of hydrogen-bond donors (Lipinski definition) is 4. The minimum atomic E-state index is -4.59. The second-order valence-electron chi connectivity index (χ2n) is 14.7. The van der Waals surface area contributed by atoms with E-state index in [1.807, 2.05) is 0 Å². The summed E-state index contributed by atoms with van der Waals surface area (Å²) in [7, 11) is -4.59. The number of aliphatic hydroxyl groups is 3. The summed E-state index contributed by atoms with van der Waals surface area (Å²) in [6.07, 6.45) is 19.0. The summed E-state index contributed by atoms with van der Waals surface area (Å²) >= 11 is 0. The topological polar surface area (TPSA) is 186 Å². The average Bonchev–Trinajstić information content (AvgIpc) is 3.10. The highest BCUT2D eigenvalue weighted by molar-refractivity contribution is 7.85. The van der Waals surface area contributed by atoms with Gasteiger partial charge in [-0.3, -0.25) is 14.1 Å². The zero-order chi connectivity index (χ0) is 38.5. The van der Waals surface area contributed by atoms with E-state index in [-0.39, 0.29) is 19.4 Å². The van der Waals surface area contributed by atoms with Crippen molar-refractivity contribution in [1.82, 2.24) is 0 Å². The van der Waals surface area contributed by atoms with Gasteiger partial charge in [0.2, 0.25) is 0 Å². The number of carbonyl (C=O) groups is 2. The van der Waals surface area contributed by atoms with Gasteiger partial charge < -0.3 is 34.3 Å². The van der Waals surface area contributed by atoms with Crippen molar-refractivity contribution in [2.24, 2.45) is 0 Å². The van der Waals surface area contributed by atoms with Gasteiger partial charge in [0, 0.05) is 12.8 Å². The average molecular weight is 767 g/mol. The molecule has 0 radical (unpaired) electrons. The summed E-state index contributed by atoms with van der Waals surface area (Å²) in [6.45, 7) is 3.70. The molecular formula is C39H74O12S. The van der Waals surface area contributed by atoms with Gasteiger partial charge in [-0.05, 0) is 12.8 Å². The van der Waals surface area contributed by atoms with E-state index < -0.39 is 71.2 Å². The Balaban J connectivity index is 2.42. The maximum Gasteiger partial charge on any atom is 0.306 e. The molecule has 1 aliphatic rings. The number of rotatable bonds is 34. The molecule has 0 aromatic heterocycles. The Hall–Kier alpha value is -1.35. The van der Waals surface area contributed by atoms with Gasteiger partial charge in [0.05, 0.1) is 6.61 Å². The van der Waals surface area contributed by atoms with Crippen LogP contribution >= 0.6 is 0 Å². The molecule has 6 atom stereocenters. The molecule has 1 aliphatic heterocycles. The first-order valence-corrected chi connectivity index (χ1v) is 22.2. The molecular weight excluding hydrogens is 692 g/mol. The Morgan fingerprint density at radius 2 is 0.981 bits per heavy atom. The largest absolute Gasteiger partial charge is 0.462 e. The molecule has 4 N–H and O–H groups in total. The lowest BCUT2D eigenvalue weighted by molar-refractivity contribution is -0.297. The van der Waals surface area contributed by atoms with Crippen molar-refractivity contribution in [3.63, 3.8) is 0 Å². The Bertz CT molecular complexity index is 994. The van der Waals surface area contributed by atoms with E-state index in [9.17, 15) is 37.9 Å². The smallest absolute Gasteiger partial charge is 0.306 e. The van der Waals surface area contributed by atoms with E-state index in [0.717, 1.165) is 38.5 Å². The van der Waals surface area contributed by atoms with E-state index in [1.165, 1.54) is 103 Å². The van der Waals surface area contributed by atoms with Gasteiger partial charge >= 0.3 is 11.9 Å². The van der Waals surface area contributed by atoms with Crippen LogP contribution in [-0.4, -0.2) is 96.0 Å². The van der Waals surface area contributed by atoms with Crippen LogP contribution in [0.4, 0.5) is 0 Å². The van der Waals surface area contributed by atoms with Crippen LogP contribution in [0.25, 0.3) is 0 Å². The van der Waals surface area contributed by atoms with Gasteiger partial charge in [-0.1, -0.05) is 155 Å². The molecule has 0 aromatic rings. The van der Waals surface area contributed by atoms with Gasteiger partial charge in [0.25, 0.3) is 10.1 Å². The lowest BCUT2D eigenvalue weighted by Crippen LogP contribution is -2.60. The highest BCUT2D eigenvalue weighted by Gasteiger charge is 2.46. The van der Waals surface area contributed by atoms with Crippen LogP contribution in [0.15, 0.2) is 0 Å². The van der Waals surface area contributed by atoms with Gasteiger partial charge in [0.15, 0.2) is 12.4 Å². The quantitative estimate of drug-likeness (QED) is 0.0291. The summed E-state index contributed by atoms with van der Waals surface area (Å²) in [5.74, 6) is -1.97. The molecule has 0 aliphatic carbocycles. The molecule has 1 saturated heterocycles. The second kappa shape index (κ2) is 30.9. The van der Waals surface area contributed by atoms with E-state index in [1.54, 1.807) is 0 Å². The number of carbonyl (C=O) groups excluding carboxylic acids is 2. The first-order chi connectivity index (χ1) is 25.0. The number of hydrogen-bond acceptors (Lipinski definition) is 11. The van der Waals surface area contributed by atoms with E-state index >= 15 is 0 Å². The van der Waals surface area contributed by atoms with Gasteiger partial charge in [-0.25, -0.2) is 0 Å². The molecule has 1 rings (SSSR count). The molecule has 1 heterocycles. The highest BCUT2D eigenvalue weighted by Crippen LogP contribution is 2.24. The molecule has 0 saturated carbocycles. The third-order valence-electron chi connectivity index (χ3n) is 9.69. The van der Waals surface area contributed by atoms with Crippen LogP contribution in [0.2, 0.25) is 0 Å². The summed E-state index contributed by atoms with van der Waals surface area (Å²) in [5, 5.41) is 30.7. The standard InChI is InChI=1S/C39H74O12S/c1-3-5-7-9-11-12-13-14-15-16-17-18-19-20-22-24-26-28-35(41)50-32(29-48-34(40)27-25-23-21-10-8-6-4-2)30-49-39-38(44)37(43)36(42)33(51-39)31-52(45,46)47/h32-33,36-39,42-44H,3-31H2,1-2H3,(H,45,46,47)/t32-,33-,36-,37?,38?,39+/m1/s1. The van der Waals surface area contributed by atoms with Crippen molar-refractivity contribution in [3.05, 3.63) is 0 Å². The van der Waals surface area contributed by atoms with Crippen molar-refractivity contribution in [2.75, 3.05) is 19.0 Å². The fourth-order valence-corrected chi connectivity index (χ4v) is 7.13. The Kier molecular flexibility index (Phi) is 28.9. The fourth-order valence-electron chi connectivity index (χ4n) is 6.44. The third kappa shape index (κ3) is 25.6. The molecule has 1 fully saturated rings. The zero-order valence-corrected chi connectivity index (χ0v) is 33.2. The Labute approximate surface area is 314 Å². The zero-order valence-electron chi connectivity index (χ0n) is 32.4. The summed E-state index contributed by atoms with van der Waals surface area (Å²) in [5.41, 5.74) is 0. The second-order valence-corrected chi connectivity index (χ2v) is 16.2. The number of esters is 2. The maximum atomic E-state index is 12.7. The van der Waals surface area contributed by atoms with E-state index in [4.69, 9.17) is 18.9 Å². The van der Waals surface area contributed by atoms with Crippen molar-refractivity contribution >= 4 is 22.1 Å². The third-order valence-corrected chi connectivity index (χ3v) is 10.4. The van der Waals surface area contributed by atoms with Crippen LogP contribution in [0.1, 0.15) is 181 Å². The molecule has 2 unspecified atom stereocenters. The first kappa shape index (κ1) is 48.7. The van der Waals surface area contributed by atoms with Crippen molar-refractivity contribution < 1.29 is 56.8 Å². The SMILES string of the molecule is CCCCCCCCCCCCCCCCCCCC(=O)O[C@H](COC(=O)CCCCCCCCC)CO[C@H]1O[C@H](CS(=O)(=O)O)[C@@H](O)C(O)C1O. The molecule has 12 nitrogen and oxygen atoms in total. The highest BCUT2D eigenvalue weighted by atomic mass is 32.2. The lowest BCUT2D eigenvalue weighted by atomic mass is 10.00. The normalized spacial score (nSPS) is 21.2. The Morgan fingerprint density at radius 1 is 0.577 bits per heavy atom. The summed E-state index contributed by atoms with van der Waals surface area (Å²) in [4.78, 5) is 25.1. The molecule has 0 amide bonds. The van der Waals surface area contributed by atoms with Crippen LogP contribution < -0.4 is 0 Å². The lowest BCUT2D eigenvalue weighted by Gasteiger charge is -2.40. The van der Waals surface area contributed by atoms with Gasteiger partial charge in [0.1, 0.15) is 36.8 Å². The van der Waals surface area contributed by atoms with Crippen LogP contribution in [0.5, 0.6) is 0 Å². The minimum Gasteiger partial charge on any atom is -0.462 e. The van der Waals surface area contributed by atoms with Crippen molar-refractivity contribution in [3.8, 4) is 0 Å². The predicted octanol–water partition coefficient (Wildman–Crippen LogP) is 7.34. The first-order valence-electron chi connectivity index (χ1n) is 20.6. The molecule has 308 valence electrons. The summed E-state index contributed by atoms with van der Waals surface area (Å²) < 4.78 is 53.8. The van der Waals surface area contributed by atoms with Crippen LogP contribution in [0, 0.1) is 0 Å². The van der Waals surface area contributed by atoms with Crippen LogP contribution in [-0.2, 0) is 38.7 Å². The predicted molar refractivity (Wildman–Crippen MR) is 201 cm³/mol. The monoisotopic (exact) mass is 766 g/mol. The molecule has 0 aromatic carbocycles. The van der Waals surface area contributed by atoms with Gasteiger partial charge in [-0.2, -0.15) is 8.42 Å². The molecule has 0 spiro atoms. The number of aliphatic hydroxyl groups excluding tert-OH is 3. The molecule has 52 heavy (non-hydrogen) atoms.